The van der Waals surface area contributed by atoms with Crippen molar-refractivity contribution in [3.63, 3.8) is 0 Å². The van der Waals surface area contributed by atoms with Gasteiger partial charge in [-0.25, -0.2) is 4.79 Å². The van der Waals surface area contributed by atoms with Gasteiger partial charge in [0, 0.05) is 26.7 Å². The molecule has 0 bridgehead atoms. The van der Waals surface area contributed by atoms with Crippen LogP contribution in [-0.4, -0.2) is 67.4 Å². The Labute approximate surface area is 126 Å². The first-order chi connectivity index (χ1) is 8.82. The molecular weight excluding hydrogens is 284 g/mol. The van der Waals surface area contributed by atoms with Gasteiger partial charge in [-0.15, -0.1) is 12.4 Å². The van der Waals surface area contributed by atoms with Crippen molar-refractivity contribution in [3.8, 4) is 11.5 Å². The third-order valence-electron chi connectivity index (χ3n) is 2.01. The Kier molecular flexibility index (Phi) is 11.6. The molecule has 0 atom stereocenters. The second kappa shape index (κ2) is 11.2. The molecule has 0 aromatic heterocycles. The van der Waals surface area contributed by atoms with E-state index in [1.807, 2.05) is 25.1 Å². The highest BCUT2D eigenvalue weighted by molar-refractivity contribution is 5.85. The maximum absolute atomic E-state index is 9.62. The van der Waals surface area contributed by atoms with E-state index in [4.69, 9.17) is 14.9 Å². The van der Waals surface area contributed by atoms with Crippen molar-refractivity contribution in [3.05, 3.63) is 24.3 Å². The van der Waals surface area contributed by atoms with Gasteiger partial charge in [0.05, 0.1) is 0 Å². The molecule has 116 valence electrons. The number of amides is 1. The van der Waals surface area contributed by atoms with Crippen LogP contribution >= 0.6 is 12.4 Å². The molecule has 0 spiro atoms. The van der Waals surface area contributed by atoms with Crippen LogP contribution < -0.4 is 4.74 Å². The number of carbonyl (C=O) groups is 1. The lowest BCUT2D eigenvalue weighted by Gasteiger charge is -2.10. The van der Waals surface area contributed by atoms with Gasteiger partial charge in [-0.05, 0) is 26.2 Å². The molecule has 20 heavy (non-hydrogen) atoms. The summed E-state index contributed by atoms with van der Waals surface area (Å²) < 4.78 is 5.40. The number of phenolic OH excluding ortho intramolecular Hbond substituents is 1. The van der Waals surface area contributed by atoms with Crippen LogP contribution in [0, 0.1) is 0 Å². The fourth-order valence-electron chi connectivity index (χ4n) is 0.919. The Hall–Kier alpha value is -1.66. The number of carboxylic acid groups (broad SMARTS) is 1. The molecule has 2 N–H and O–H groups in total. The Morgan fingerprint density at radius 2 is 1.80 bits per heavy atom. The Morgan fingerprint density at radius 1 is 1.25 bits per heavy atom. The lowest BCUT2D eigenvalue weighted by atomic mass is 10.3. The summed E-state index contributed by atoms with van der Waals surface area (Å²) >= 11 is 0. The average Bonchev–Trinajstić information content (AvgIpc) is 2.29. The van der Waals surface area contributed by atoms with Crippen LogP contribution in [0.15, 0.2) is 24.3 Å². The topological polar surface area (TPSA) is 73.2 Å². The monoisotopic (exact) mass is 306 g/mol. The van der Waals surface area contributed by atoms with Crippen molar-refractivity contribution in [2.45, 2.75) is 0 Å². The number of ether oxygens (including phenoxy) is 1. The fraction of sp³-hybridized carbons (Fsp3) is 0.462. The van der Waals surface area contributed by atoms with Gasteiger partial charge in [-0.2, -0.15) is 0 Å². The summed E-state index contributed by atoms with van der Waals surface area (Å²) in [6.07, 6.45) is -0.907. The Bertz CT molecular complexity index is 386. The lowest BCUT2D eigenvalue weighted by Crippen LogP contribution is -2.19. The van der Waals surface area contributed by atoms with Crippen molar-refractivity contribution in [1.29, 1.82) is 0 Å². The van der Waals surface area contributed by atoms with Crippen LogP contribution in [0.3, 0.4) is 0 Å². The molecule has 1 aromatic carbocycles. The fourth-order valence-corrected chi connectivity index (χ4v) is 0.919. The van der Waals surface area contributed by atoms with E-state index >= 15 is 0 Å². The first-order valence-corrected chi connectivity index (χ1v) is 5.79. The van der Waals surface area contributed by atoms with Crippen molar-refractivity contribution in [2.75, 3.05) is 41.3 Å². The molecule has 7 heteroatoms. The third kappa shape index (κ3) is 11.4. The van der Waals surface area contributed by atoms with E-state index in [1.165, 1.54) is 14.1 Å². The van der Waals surface area contributed by atoms with Crippen LogP contribution in [0.4, 0.5) is 4.79 Å². The number of benzene rings is 1. The van der Waals surface area contributed by atoms with E-state index in [9.17, 15) is 4.79 Å². The van der Waals surface area contributed by atoms with E-state index in [0.717, 1.165) is 11.4 Å². The SMILES string of the molecule is CN(C)C(=O)O.CN(C)CCOc1cccc(O)c1.Cl. The molecule has 0 aliphatic heterocycles. The summed E-state index contributed by atoms with van der Waals surface area (Å²) in [4.78, 5) is 12.8. The quantitative estimate of drug-likeness (QED) is 0.890. The summed E-state index contributed by atoms with van der Waals surface area (Å²) in [7, 11) is 6.93. The largest absolute Gasteiger partial charge is 0.508 e. The maximum Gasteiger partial charge on any atom is 0.406 e. The predicted molar refractivity (Wildman–Crippen MR) is 81.1 cm³/mol. The number of nitrogens with zero attached hydrogens (tertiary/aromatic N) is 2. The van der Waals surface area contributed by atoms with Crippen molar-refractivity contribution < 1.29 is 19.7 Å². The molecular formula is C13H23ClN2O4. The molecule has 0 aliphatic carbocycles. The van der Waals surface area contributed by atoms with Gasteiger partial charge in [0.1, 0.15) is 18.1 Å². The zero-order valence-electron chi connectivity index (χ0n) is 12.2. The van der Waals surface area contributed by atoms with Crippen LogP contribution in [0.2, 0.25) is 0 Å². The summed E-state index contributed by atoms with van der Waals surface area (Å²) in [5.74, 6) is 0.948. The van der Waals surface area contributed by atoms with E-state index in [2.05, 4.69) is 0 Å². The minimum Gasteiger partial charge on any atom is -0.508 e. The number of hydrogen-bond acceptors (Lipinski definition) is 4. The highest BCUT2D eigenvalue weighted by Crippen LogP contribution is 2.17. The van der Waals surface area contributed by atoms with E-state index < -0.39 is 6.09 Å². The summed E-state index contributed by atoms with van der Waals surface area (Å²) in [5, 5.41) is 17.0. The van der Waals surface area contributed by atoms with Gasteiger partial charge < -0.3 is 24.7 Å². The normalized spacial score (nSPS) is 9.05. The molecule has 0 saturated carbocycles. The van der Waals surface area contributed by atoms with Gasteiger partial charge in [0.25, 0.3) is 0 Å². The van der Waals surface area contributed by atoms with Crippen molar-refractivity contribution in [2.24, 2.45) is 0 Å². The molecule has 0 radical (unpaired) electrons. The number of hydrogen-bond donors (Lipinski definition) is 2. The maximum atomic E-state index is 9.62. The van der Waals surface area contributed by atoms with Gasteiger partial charge in [-0.1, -0.05) is 6.07 Å². The molecule has 6 nitrogen and oxygen atoms in total. The number of aromatic hydroxyl groups is 1. The zero-order chi connectivity index (χ0) is 14.8. The molecule has 0 unspecified atom stereocenters. The van der Waals surface area contributed by atoms with Crippen LogP contribution in [0.25, 0.3) is 0 Å². The second-order valence-electron chi connectivity index (χ2n) is 4.33. The molecule has 0 heterocycles. The summed E-state index contributed by atoms with van der Waals surface area (Å²) in [6.45, 7) is 1.51. The zero-order valence-corrected chi connectivity index (χ0v) is 13.1. The lowest BCUT2D eigenvalue weighted by molar-refractivity contribution is 0.165. The highest BCUT2D eigenvalue weighted by Gasteiger charge is 1.95. The van der Waals surface area contributed by atoms with Crippen LogP contribution in [0.5, 0.6) is 11.5 Å². The molecule has 1 rings (SSSR count). The summed E-state index contributed by atoms with van der Waals surface area (Å²) in [6, 6.07) is 6.82. The minimum atomic E-state index is -0.907. The number of halogens is 1. The van der Waals surface area contributed by atoms with Crippen molar-refractivity contribution in [1.82, 2.24) is 9.80 Å². The third-order valence-corrected chi connectivity index (χ3v) is 2.01. The molecule has 0 fully saturated rings. The highest BCUT2D eigenvalue weighted by atomic mass is 35.5. The average molecular weight is 307 g/mol. The smallest absolute Gasteiger partial charge is 0.406 e. The second-order valence-corrected chi connectivity index (χ2v) is 4.33. The Balaban J connectivity index is 0. The van der Waals surface area contributed by atoms with Gasteiger partial charge >= 0.3 is 6.09 Å². The van der Waals surface area contributed by atoms with Crippen molar-refractivity contribution >= 4 is 18.5 Å². The predicted octanol–water partition coefficient (Wildman–Crippen LogP) is 1.98. The first kappa shape index (κ1) is 20.7. The molecule has 0 aliphatic rings. The van der Waals surface area contributed by atoms with Gasteiger partial charge in [0.15, 0.2) is 0 Å². The summed E-state index contributed by atoms with van der Waals surface area (Å²) in [5.41, 5.74) is 0. The number of rotatable bonds is 4. The Morgan fingerprint density at radius 3 is 2.20 bits per heavy atom. The standard InChI is InChI=1S/C10H15NO2.C3H7NO2.ClH/c1-11(2)6-7-13-10-5-3-4-9(12)8-10;1-4(2)3(5)6;/h3-5,8,12H,6-7H2,1-2H3;1-2H3,(H,5,6);1H. The van der Waals surface area contributed by atoms with Crippen LogP contribution in [0.1, 0.15) is 0 Å². The molecule has 0 saturated heterocycles. The van der Waals surface area contributed by atoms with E-state index in [1.54, 1.807) is 18.2 Å². The molecule has 1 amide bonds. The number of likely N-dealkylation sites (N-methyl/N-ethyl adjacent to an activating group) is 1. The van der Waals surface area contributed by atoms with Gasteiger partial charge in [0.2, 0.25) is 0 Å². The van der Waals surface area contributed by atoms with Gasteiger partial charge in [-0.3, -0.25) is 0 Å². The van der Waals surface area contributed by atoms with E-state index in [-0.39, 0.29) is 18.2 Å². The van der Waals surface area contributed by atoms with E-state index in [0.29, 0.717) is 12.4 Å². The molecule has 1 aromatic rings. The van der Waals surface area contributed by atoms with Crippen LogP contribution in [-0.2, 0) is 0 Å². The minimum absolute atomic E-state index is 0. The first-order valence-electron chi connectivity index (χ1n) is 5.79. The number of phenols is 1.